The topological polar surface area (TPSA) is 27.7 Å². The van der Waals surface area contributed by atoms with Gasteiger partial charge in [-0.3, -0.25) is 4.52 Å². The van der Waals surface area contributed by atoms with E-state index in [2.05, 4.69) is 71.9 Å². The van der Waals surface area contributed by atoms with E-state index in [1.165, 1.54) is 57.8 Å². The van der Waals surface area contributed by atoms with Crippen molar-refractivity contribution in [2.45, 2.75) is 175 Å². The van der Waals surface area contributed by atoms with E-state index in [0.29, 0.717) is 5.66 Å². The molecular weight excluding hydrogens is 475 g/mol. The maximum atomic E-state index is 7.32. The van der Waals surface area contributed by atoms with Crippen molar-refractivity contribution in [2.75, 3.05) is 0 Å². The first-order chi connectivity index (χ1) is 18.1. The summed E-state index contributed by atoms with van der Waals surface area (Å²) >= 11 is 0. The molecule has 0 aromatic heterocycles. The molecule has 0 fully saturated rings. The molecule has 3 nitrogen and oxygen atoms in total. The van der Waals surface area contributed by atoms with Gasteiger partial charge in [-0.2, -0.15) is 9.05 Å². The van der Waals surface area contributed by atoms with Crippen LogP contribution in [-0.2, 0) is 9.05 Å². The third kappa shape index (κ3) is 14.4. The summed E-state index contributed by atoms with van der Waals surface area (Å²) in [5.74, 6) is 0.903. The van der Waals surface area contributed by atoms with Crippen LogP contribution in [0.25, 0.3) is 0 Å². The molecule has 0 aliphatic rings. The molecule has 1 aromatic rings. The summed E-state index contributed by atoms with van der Waals surface area (Å²) in [4.78, 5) is 0. The van der Waals surface area contributed by atoms with Crippen LogP contribution in [0.4, 0.5) is 0 Å². The third-order valence-electron chi connectivity index (χ3n) is 7.26. The summed E-state index contributed by atoms with van der Waals surface area (Å²) in [5.41, 5.74) is 0.320. The highest BCUT2D eigenvalue weighted by molar-refractivity contribution is 7.62. The molecule has 0 saturated heterocycles. The van der Waals surface area contributed by atoms with E-state index >= 15 is 0 Å². The van der Waals surface area contributed by atoms with Crippen molar-refractivity contribution < 1.29 is 13.6 Å². The second kappa shape index (κ2) is 22.2. The van der Waals surface area contributed by atoms with E-state index in [0.717, 1.165) is 63.5 Å². The van der Waals surface area contributed by atoms with Crippen molar-refractivity contribution in [3.05, 3.63) is 30.3 Å². The Balaban J connectivity index is 3.49. The molecule has 216 valence electrons. The zero-order chi connectivity index (χ0) is 27.2. The van der Waals surface area contributed by atoms with Crippen molar-refractivity contribution in [3.8, 4) is 5.75 Å². The molecule has 1 aromatic carbocycles. The normalized spacial score (nSPS) is 15.7. The van der Waals surface area contributed by atoms with Crippen molar-refractivity contribution in [1.82, 2.24) is 0 Å². The van der Waals surface area contributed by atoms with Crippen LogP contribution in [0, 0.1) is 0 Å². The maximum absolute atomic E-state index is 7.32. The van der Waals surface area contributed by atoms with Crippen LogP contribution >= 0.6 is 7.94 Å². The maximum Gasteiger partial charge on any atom is 0.460 e. The minimum atomic E-state index is -2.65. The average Bonchev–Trinajstić information content (AvgIpc) is 2.89. The van der Waals surface area contributed by atoms with Gasteiger partial charge in [0.1, 0.15) is 12.2 Å². The van der Waals surface area contributed by atoms with Gasteiger partial charge < -0.3 is 0 Å². The molecule has 0 radical (unpaired) electrons. The molecule has 37 heavy (non-hydrogen) atoms. The molecule has 0 aliphatic carbocycles. The van der Waals surface area contributed by atoms with E-state index in [1.807, 2.05) is 0 Å². The SMILES string of the molecule is CCCCCC(CCC)O[P+](Oc1ccccc1)(OC(CCC)CCCCC)C(CCC)CCCCC. The fourth-order valence-corrected chi connectivity index (χ4v) is 8.54. The van der Waals surface area contributed by atoms with E-state index in [9.17, 15) is 0 Å². The van der Waals surface area contributed by atoms with Crippen molar-refractivity contribution in [1.29, 1.82) is 0 Å². The van der Waals surface area contributed by atoms with Crippen LogP contribution in [0.5, 0.6) is 5.75 Å². The highest BCUT2D eigenvalue weighted by atomic mass is 31.2. The predicted molar refractivity (Wildman–Crippen MR) is 165 cm³/mol. The van der Waals surface area contributed by atoms with Gasteiger partial charge in [0.05, 0.1) is 0 Å². The summed E-state index contributed by atoms with van der Waals surface area (Å²) in [5, 5.41) is 0. The van der Waals surface area contributed by atoms with Crippen molar-refractivity contribution >= 4 is 7.94 Å². The monoisotopic (exact) mass is 537 g/mol. The van der Waals surface area contributed by atoms with Crippen LogP contribution < -0.4 is 4.52 Å². The lowest BCUT2D eigenvalue weighted by atomic mass is 10.1. The first-order valence-electron chi connectivity index (χ1n) is 16.1. The minimum absolute atomic E-state index is 0.206. The minimum Gasteiger partial charge on any atom is -0.286 e. The van der Waals surface area contributed by atoms with Gasteiger partial charge in [0.15, 0.2) is 11.4 Å². The number of hydrogen-bond acceptors (Lipinski definition) is 3. The first-order valence-corrected chi connectivity index (χ1v) is 17.7. The molecule has 0 amide bonds. The second-order valence-electron chi connectivity index (χ2n) is 10.9. The molecule has 0 aliphatic heterocycles. The Morgan fingerprint density at radius 3 is 1.41 bits per heavy atom. The summed E-state index contributed by atoms with van der Waals surface area (Å²) in [6.07, 6.45) is 21.5. The predicted octanol–water partition coefficient (Wildman–Crippen LogP) is 12.1. The Morgan fingerprint density at radius 2 is 0.973 bits per heavy atom. The van der Waals surface area contributed by atoms with Gasteiger partial charge in [0.25, 0.3) is 0 Å². The van der Waals surface area contributed by atoms with Gasteiger partial charge in [0, 0.05) is 0 Å². The highest BCUT2D eigenvalue weighted by Gasteiger charge is 2.57. The standard InChI is InChI=1S/C33H62O3P/c1-7-13-17-25-30(22-10-4)34-37(36-32-27-20-16-21-28-32,33(24-12-6)29-19-15-9-3)35-31(23-11-5)26-18-14-8-2/h16,20-21,27-28,30-31,33H,7-15,17-19,22-26,29H2,1-6H3/q+1. The molecule has 0 heterocycles. The molecule has 0 spiro atoms. The smallest absolute Gasteiger partial charge is 0.286 e. The molecule has 0 N–H and O–H groups in total. The highest BCUT2D eigenvalue weighted by Crippen LogP contribution is 2.70. The lowest BCUT2D eigenvalue weighted by Gasteiger charge is -2.34. The van der Waals surface area contributed by atoms with Gasteiger partial charge in [0.2, 0.25) is 0 Å². The fraction of sp³-hybridized carbons (Fsp3) is 0.818. The van der Waals surface area contributed by atoms with Crippen LogP contribution in [0.1, 0.15) is 157 Å². The molecule has 3 atom stereocenters. The van der Waals surface area contributed by atoms with Gasteiger partial charge in [-0.05, 0) is 57.1 Å². The van der Waals surface area contributed by atoms with E-state index in [4.69, 9.17) is 13.6 Å². The summed E-state index contributed by atoms with van der Waals surface area (Å²) in [7, 11) is -2.65. The Kier molecular flexibility index (Phi) is 20.7. The summed E-state index contributed by atoms with van der Waals surface area (Å²) < 4.78 is 21.7. The zero-order valence-corrected chi connectivity index (χ0v) is 26.4. The quantitative estimate of drug-likeness (QED) is 0.0917. The zero-order valence-electron chi connectivity index (χ0n) is 25.5. The third-order valence-corrected chi connectivity index (χ3v) is 10.3. The number of hydrogen-bond donors (Lipinski definition) is 0. The Bertz CT molecular complexity index is 601. The lowest BCUT2D eigenvalue weighted by molar-refractivity contribution is 0.0710. The first kappa shape index (κ1) is 34.4. The van der Waals surface area contributed by atoms with Crippen LogP contribution in [-0.4, -0.2) is 17.9 Å². The Hall–Kier alpha value is -0.630. The molecule has 1 rings (SSSR count). The molecule has 3 unspecified atom stereocenters. The van der Waals surface area contributed by atoms with Crippen molar-refractivity contribution in [2.24, 2.45) is 0 Å². The van der Waals surface area contributed by atoms with Crippen LogP contribution in [0.15, 0.2) is 30.3 Å². The molecule has 4 heteroatoms. The van der Waals surface area contributed by atoms with E-state index < -0.39 is 7.94 Å². The number of unbranched alkanes of at least 4 members (excludes halogenated alkanes) is 6. The van der Waals surface area contributed by atoms with Crippen molar-refractivity contribution in [3.63, 3.8) is 0 Å². The van der Waals surface area contributed by atoms with E-state index in [-0.39, 0.29) is 12.2 Å². The average molecular weight is 538 g/mol. The molecule has 0 bridgehead atoms. The van der Waals surface area contributed by atoms with Gasteiger partial charge in [-0.25, -0.2) is 0 Å². The number of rotatable bonds is 25. The largest absolute Gasteiger partial charge is 0.460 e. The Morgan fingerprint density at radius 1 is 0.514 bits per heavy atom. The van der Waals surface area contributed by atoms with Gasteiger partial charge >= 0.3 is 7.94 Å². The van der Waals surface area contributed by atoms with Gasteiger partial charge in [-0.1, -0.05) is 130 Å². The second-order valence-corrected chi connectivity index (χ2v) is 13.3. The van der Waals surface area contributed by atoms with Crippen LogP contribution in [0.3, 0.4) is 0 Å². The fourth-order valence-electron chi connectivity index (χ4n) is 5.17. The van der Waals surface area contributed by atoms with Gasteiger partial charge in [-0.15, -0.1) is 0 Å². The van der Waals surface area contributed by atoms with E-state index in [1.54, 1.807) is 0 Å². The summed E-state index contributed by atoms with van der Waals surface area (Å²) in [6.45, 7) is 13.7. The Labute approximate surface area is 232 Å². The lowest BCUT2D eigenvalue weighted by Crippen LogP contribution is -2.30. The number of para-hydroxylation sites is 1. The molecule has 0 saturated carbocycles. The number of benzene rings is 1. The summed E-state index contributed by atoms with van der Waals surface area (Å²) in [6, 6.07) is 10.4. The van der Waals surface area contributed by atoms with Crippen LogP contribution in [0.2, 0.25) is 0 Å². The molecular formula is C33H62O3P+.